The van der Waals surface area contributed by atoms with Gasteiger partial charge in [-0.15, -0.1) is 0 Å². The molecule has 1 unspecified atom stereocenters. The summed E-state index contributed by atoms with van der Waals surface area (Å²) in [4.78, 5) is 32.9. The highest BCUT2D eigenvalue weighted by molar-refractivity contribution is 5.83. The van der Waals surface area contributed by atoms with Gasteiger partial charge in [0.15, 0.2) is 0 Å². The van der Waals surface area contributed by atoms with Crippen LogP contribution in [0.15, 0.2) is 0 Å². The van der Waals surface area contributed by atoms with Crippen molar-refractivity contribution in [3.05, 3.63) is 0 Å². The van der Waals surface area contributed by atoms with Crippen LogP contribution in [0.3, 0.4) is 0 Å². The predicted octanol–water partition coefficient (Wildman–Crippen LogP) is -0.196. The van der Waals surface area contributed by atoms with Crippen LogP contribution in [0, 0.1) is 5.41 Å². The maximum Gasteiger partial charge on any atom is 0.326 e. The van der Waals surface area contributed by atoms with Crippen LogP contribution in [0.4, 0.5) is 4.79 Å². The fourth-order valence-electron chi connectivity index (χ4n) is 1.44. The van der Waals surface area contributed by atoms with Crippen LogP contribution >= 0.6 is 0 Å². The number of primary amides is 1. The number of aliphatic carboxylic acids is 1. The molecule has 1 aliphatic rings. The minimum Gasteiger partial charge on any atom is -0.480 e. The highest BCUT2D eigenvalue weighted by atomic mass is 16.4. The molecular weight excluding hydrogens is 238 g/mol. The third kappa shape index (κ3) is 5.03. The summed E-state index contributed by atoms with van der Waals surface area (Å²) in [5, 5.41) is 13.8. The molecule has 0 spiro atoms. The van der Waals surface area contributed by atoms with Crippen molar-refractivity contribution in [2.75, 3.05) is 6.54 Å². The molecule has 0 bridgehead atoms. The van der Waals surface area contributed by atoms with Gasteiger partial charge in [0.05, 0.1) is 0 Å². The molecule has 1 saturated carbocycles. The number of carbonyl (C=O) groups is 3. The molecule has 1 fully saturated rings. The second-order valence-electron chi connectivity index (χ2n) is 5.03. The van der Waals surface area contributed by atoms with Crippen molar-refractivity contribution in [2.24, 2.45) is 11.1 Å². The van der Waals surface area contributed by atoms with Crippen LogP contribution in [0.1, 0.15) is 32.6 Å². The first-order valence-corrected chi connectivity index (χ1v) is 5.88. The first kappa shape index (κ1) is 14.3. The normalized spacial score (nSPS) is 17.6. The van der Waals surface area contributed by atoms with Gasteiger partial charge < -0.3 is 21.5 Å². The lowest BCUT2D eigenvalue weighted by Gasteiger charge is -2.16. The molecule has 0 aromatic rings. The number of urea groups is 1. The van der Waals surface area contributed by atoms with Gasteiger partial charge in [-0.05, 0) is 24.7 Å². The molecule has 3 amide bonds. The zero-order valence-corrected chi connectivity index (χ0v) is 10.4. The predicted molar refractivity (Wildman–Crippen MR) is 63.7 cm³/mol. The molecule has 1 aliphatic carbocycles. The largest absolute Gasteiger partial charge is 0.480 e. The van der Waals surface area contributed by atoms with E-state index in [1.54, 1.807) is 0 Å². The summed E-state index contributed by atoms with van der Waals surface area (Å²) in [7, 11) is 0. The van der Waals surface area contributed by atoms with Gasteiger partial charge in [0.1, 0.15) is 6.04 Å². The van der Waals surface area contributed by atoms with Crippen molar-refractivity contribution in [1.82, 2.24) is 10.6 Å². The molecule has 0 aliphatic heterocycles. The molecule has 1 rings (SSSR count). The van der Waals surface area contributed by atoms with Crippen molar-refractivity contribution >= 4 is 17.9 Å². The van der Waals surface area contributed by atoms with Gasteiger partial charge in [-0.25, -0.2) is 9.59 Å². The van der Waals surface area contributed by atoms with Crippen molar-refractivity contribution in [3.8, 4) is 0 Å². The molecule has 0 aromatic heterocycles. The van der Waals surface area contributed by atoms with Crippen LogP contribution in [0.25, 0.3) is 0 Å². The maximum atomic E-state index is 11.5. The molecule has 0 heterocycles. The van der Waals surface area contributed by atoms with E-state index in [-0.39, 0.29) is 18.3 Å². The number of hydrogen-bond acceptors (Lipinski definition) is 3. The van der Waals surface area contributed by atoms with Crippen molar-refractivity contribution < 1.29 is 19.5 Å². The van der Waals surface area contributed by atoms with Gasteiger partial charge in [-0.1, -0.05) is 6.92 Å². The highest BCUT2D eigenvalue weighted by Crippen LogP contribution is 2.43. The molecule has 0 aromatic carbocycles. The van der Waals surface area contributed by atoms with Gasteiger partial charge in [0.2, 0.25) is 5.91 Å². The van der Waals surface area contributed by atoms with E-state index in [4.69, 9.17) is 10.8 Å². The third-order valence-electron chi connectivity index (χ3n) is 3.06. The van der Waals surface area contributed by atoms with Gasteiger partial charge in [-0.2, -0.15) is 0 Å². The quantitative estimate of drug-likeness (QED) is 0.504. The Morgan fingerprint density at radius 3 is 2.44 bits per heavy atom. The molecule has 0 saturated heterocycles. The van der Waals surface area contributed by atoms with Gasteiger partial charge in [-0.3, -0.25) is 4.79 Å². The van der Waals surface area contributed by atoms with Gasteiger partial charge in [0.25, 0.3) is 0 Å². The number of nitrogens with two attached hydrogens (primary N) is 1. The fraction of sp³-hybridized carbons (Fsp3) is 0.727. The average molecular weight is 257 g/mol. The number of carboxylic acids is 1. The van der Waals surface area contributed by atoms with Gasteiger partial charge >= 0.3 is 12.0 Å². The molecule has 18 heavy (non-hydrogen) atoms. The summed E-state index contributed by atoms with van der Waals surface area (Å²) in [6.07, 6.45) is 2.05. The zero-order valence-electron chi connectivity index (χ0n) is 10.4. The minimum absolute atomic E-state index is 0.00461. The maximum absolute atomic E-state index is 11.5. The topological polar surface area (TPSA) is 122 Å². The van der Waals surface area contributed by atoms with E-state index < -0.39 is 23.9 Å². The Bertz CT molecular complexity index is 352. The van der Waals surface area contributed by atoms with Crippen molar-refractivity contribution in [3.63, 3.8) is 0 Å². The number of hydrogen-bond donors (Lipinski definition) is 4. The van der Waals surface area contributed by atoms with E-state index in [0.717, 1.165) is 12.8 Å². The Morgan fingerprint density at radius 2 is 2.00 bits per heavy atom. The van der Waals surface area contributed by atoms with Crippen LogP contribution in [0.5, 0.6) is 0 Å². The molecule has 0 radical (unpaired) electrons. The number of carboxylic acid groups (broad SMARTS) is 1. The number of amides is 3. The monoisotopic (exact) mass is 257 g/mol. The van der Waals surface area contributed by atoms with Crippen LogP contribution in [-0.2, 0) is 9.59 Å². The summed E-state index contributed by atoms with van der Waals surface area (Å²) in [5.41, 5.74) is 5.09. The smallest absolute Gasteiger partial charge is 0.326 e. The summed E-state index contributed by atoms with van der Waals surface area (Å²) in [6, 6.07) is -1.62. The number of carbonyl (C=O) groups excluding carboxylic acids is 2. The van der Waals surface area contributed by atoms with E-state index in [1.165, 1.54) is 0 Å². The summed E-state index contributed by atoms with van der Waals surface area (Å²) < 4.78 is 0. The third-order valence-corrected chi connectivity index (χ3v) is 3.06. The average Bonchev–Trinajstić information content (AvgIpc) is 3.00. The molecule has 102 valence electrons. The second kappa shape index (κ2) is 5.70. The Kier molecular flexibility index (Phi) is 4.52. The van der Waals surface area contributed by atoms with Crippen LogP contribution in [-0.4, -0.2) is 35.6 Å². The standard InChI is InChI=1S/C11H19N3O4/c1-11(4-5-11)6-13-10(18)14-7(9(16)17)2-3-8(12)15/h7H,2-6H2,1H3,(H2,12,15)(H,16,17)(H2,13,14,18). The Hall–Kier alpha value is -1.79. The lowest BCUT2D eigenvalue weighted by atomic mass is 10.1. The molecule has 7 nitrogen and oxygen atoms in total. The fourth-order valence-corrected chi connectivity index (χ4v) is 1.44. The summed E-state index contributed by atoms with van der Waals surface area (Å²) in [5.74, 6) is -1.77. The first-order valence-electron chi connectivity index (χ1n) is 5.88. The lowest BCUT2D eigenvalue weighted by Crippen LogP contribution is -2.47. The Balaban J connectivity index is 2.32. The summed E-state index contributed by atoms with van der Waals surface area (Å²) >= 11 is 0. The van der Waals surface area contributed by atoms with E-state index in [9.17, 15) is 14.4 Å². The lowest BCUT2D eigenvalue weighted by molar-refractivity contribution is -0.139. The number of nitrogens with one attached hydrogen (secondary N) is 2. The van der Waals surface area contributed by atoms with E-state index >= 15 is 0 Å². The summed E-state index contributed by atoms with van der Waals surface area (Å²) in [6.45, 7) is 2.58. The molecule has 5 N–H and O–H groups in total. The van der Waals surface area contributed by atoms with Crippen LogP contribution < -0.4 is 16.4 Å². The van der Waals surface area contributed by atoms with E-state index in [0.29, 0.717) is 6.54 Å². The molecule has 1 atom stereocenters. The second-order valence-corrected chi connectivity index (χ2v) is 5.03. The molecular formula is C11H19N3O4. The minimum atomic E-state index is -1.18. The van der Waals surface area contributed by atoms with Gasteiger partial charge in [0, 0.05) is 13.0 Å². The zero-order chi connectivity index (χ0) is 13.8. The van der Waals surface area contributed by atoms with Crippen molar-refractivity contribution in [2.45, 2.75) is 38.6 Å². The SMILES string of the molecule is CC1(CNC(=O)NC(CCC(N)=O)C(=O)O)CC1. The highest BCUT2D eigenvalue weighted by Gasteiger charge is 2.37. The Labute approximate surface area is 105 Å². The van der Waals surface area contributed by atoms with Crippen LogP contribution in [0.2, 0.25) is 0 Å². The first-order chi connectivity index (χ1) is 8.32. The molecule has 7 heteroatoms. The Morgan fingerprint density at radius 1 is 1.39 bits per heavy atom. The van der Waals surface area contributed by atoms with E-state index in [2.05, 4.69) is 17.6 Å². The number of rotatable bonds is 7. The van der Waals surface area contributed by atoms with Crippen molar-refractivity contribution in [1.29, 1.82) is 0 Å². The van der Waals surface area contributed by atoms with E-state index in [1.807, 2.05) is 0 Å².